The number of carbonyl (C=O) groups excluding carboxylic acids is 1. The normalized spacial score (nSPS) is 12.3. The molecule has 0 spiro atoms. The van der Waals surface area contributed by atoms with E-state index in [9.17, 15) is 21.6 Å². The summed E-state index contributed by atoms with van der Waals surface area (Å²) in [5.74, 6) is -0.565. The Bertz CT molecular complexity index is 1050. The molecular weight excluding hydrogens is 426 g/mol. The number of nitrogens with one attached hydrogen (secondary N) is 2. The molecule has 30 heavy (non-hydrogen) atoms. The summed E-state index contributed by atoms with van der Waals surface area (Å²) in [5.41, 5.74) is 1.40. The summed E-state index contributed by atoms with van der Waals surface area (Å²) in [6.07, 6.45) is 0. The Balaban J connectivity index is 1.89. The van der Waals surface area contributed by atoms with Crippen molar-refractivity contribution in [3.8, 4) is 0 Å². The second-order valence-electron chi connectivity index (χ2n) is 7.20. The van der Waals surface area contributed by atoms with Gasteiger partial charge in [-0.15, -0.1) is 0 Å². The van der Waals surface area contributed by atoms with Gasteiger partial charge in [-0.25, -0.2) is 21.6 Å². The largest absolute Gasteiger partial charge is 0.351 e. The molecule has 0 unspecified atom stereocenters. The van der Waals surface area contributed by atoms with E-state index in [0.29, 0.717) is 5.56 Å². The Morgan fingerprint density at radius 3 is 2.07 bits per heavy atom. The molecule has 0 aromatic heterocycles. The SMILES string of the molecule is CC(C)NS(=O)(=O)Cc1ccc(CNC(=O)CN(C)S(=O)(=O)c2ccccc2)cc1. The molecule has 2 rings (SSSR count). The van der Waals surface area contributed by atoms with Gasteiger partial charge in [-0.2, -0.15) is 4.31 Å². The van der Waals surface area contributed by atoms with Crippen molar-refractivity contribution in [3.63, 3.8) is 0 Å². The molecule has 0 aliphatic rings. The van der Waals surface area contributed by atoms with Crippen LogP contribution in [-0.4, -0.2) is 46.7 Å². The molecule has 10 heteroatoms. The van der Waals surface area contributed by atoms with Gasteiger partial charge in [0, 0.05) is 19.6 Å². The standard InChI is InChI=1S/C20H27N3O5S2/c1-16(2)22-29(25,26)15-18-11-9-17(10-12-18)13-21-20(24)14-23(3)30(27,28)19-7-5-4-6-8-19/h4-12,16,22H,13-15H2,1-3H3,(H,21,24). The van der Waals surface area contributed by atoms with E-state index in [2.05, 4.69) is 10.0 Å². The lowest BCUT2D eigenvalue weighted by atomic mass is 10.1. The zero-order valence-electron chi connectivity index (χ0n) is 17.2. The number of likely N-dealkylation sites (N-methyl/N-ethyl adjacent to an activating group) is 1. The lowest BCUT2D eigenvalue weighted by molar-refractivity contribution is -0.121. The van der Waals surface area contributed by atoms with Gasteiger partial charge in [-0.1, -0.05) is 42.5 Å². The van der Waals surface area contributed by atoms with Crippen LogP contribution in [0.4, 0.5) is 0 Å². The van der Waals surface area contributed by atoms with E-state index in [0.717, 1.165) is 9.87 Å². The second kappa shape index (κ2) is 10.2. The third-order valence-electron chi connectivity index (χ3n) is 4.10. The molecule has 2 aromatic carbocycles. The van der Waals surface area contributed by atoms with E-state index in [1.807, 2.05) is 0 Å². The van der Waals surface area contributed by atoms with Crippen LogP contribution in [0.5, 0.6) is 0 Å². The van der Waals surface area contributed by atoms with Crippen LogP contribution < -0.4 is 10.0 Å². The molecule has 0 radical (unpaired) electrons. The Kier molecular flexibility index (Phi) is 8.13. The van der Waals surface area contributed by atoms with Crippen molar-refractivity contribution < 1.29 is 21.6 Å². The summed E-state index contributed by atoms with van der Waals surface area (Å²) >= 11 is 0. The predicted octanol–water partition coefficient (Wildman–Crippen LogP) is 1.45. The number of amides is 1. The number of hydrogen-bond acceptors (Lipinski definition) is 5. The first-order chi connectivity index (χ1) is 14.0. The first-order valence-corrected chi connectivity index (χ1v) is 12.4. The number of nitrogens with zero attached hydrogens (tertiary/aromatic N) is 1. The van der Waals surface area contributed by atoms with Gasteiger partial charge in [0.05, 0.1) is 17.2 Å². The molecule has 2 aromatic rings. The summed E-state index contributed by atoms with van der Waals surface area (Å²) in [4.78, 5) is 12.3. The molecule has 0 heterocycles. The fourth-order valence-corrected chi connectivity index (χ4v) is 5.27. The van der Waals surface area contributed by atoms with Crippen LogP contribution in [-0.2, 0) is 37.1 Å². The predicted molar refractivity (Wildman–Crippen MR) is 115 cm³/mol. The van der Waals surface area contributed by atoms with E-state index in [1.54, 1.807) is 56.3 Å². The number of carbonyl (C=O) groups is 1. The Morgan fingerprint density at radius 2 is 1.50 bits per heavy atom. The van der Waals surface area contributed by atoms with E-state index in [-0.39, 0.29) is 29.8 Å². The fourth-order valence-electron chi connectivity index (χ4n) is 2.69. The molecular formula is C20H27N3O5S2. The lowest BCUT2D eigenvalue weighted by Gasteiger charge is -2.17. The minimum absolute atomic E-state index is 0.123. The van der Waals surface area contributed by atoms with Gasteiger partial charge in [0.1, 0.15) is 0 Å². The Morgan fingerprint density at radius 1 is 0.933 bits per heavy atom. The molecule has 0 saturated carbocycles. The van der Waals surface area contributed by atoms with Crippen molar-refractivity contribution >= 4 is 26.0 Å². The van der Waals surface area contributed by atoms with Crippen molar-refractivity contribution in [1.29, 1.82) is 0 Å². The molecule has 0 aliphatic carbocycles. The van der Waals surface area contributed by atoms with Crippen molar-refractivity contribution in [2.24, 2.45) is 0 Å². The highest BCUT2D eigenvalue weighted by atomic mass is 32.2. The van der Waals surface area contributed by atoms with Crippen LogP contribution in [0.3, 0.4) is 0 Å². The Hall–Kier alpha value is -2.27. The summed E-state index contributed by atoms with van der Waals surface area (Å²) < 4.78 is 52.4. The van der Waals surface area contributed by atoms with Crippen LogP contribution in [0.2, 0.25) is 0 Å². The average Bonchev–Trinajstić information content (AvgIpc) is 2.66. The summed E-state index contributed by atoms with van der Waals surface area (Å²) in [6, 6.07) is 14.6. The van der Waals surface area contributed by atoms with Crippen LogP contribution in [0.15, 0.2) is 59.5 Å². The number of sulfonamides is 2. The second-order valence-corrected chi connectivity index (χ2v) is 11.0. The first-order valence-electron chi connectivity index (χ1n) is 9.35. The molecule has 8 nitrogen and oxygen atoms in total. The molecule has 164 valence electrons. The van der Waals surface area contributed by atoms with Gasteiger partial charge in [-0.3, -0.25) is 4.79 Å². The minimum atomic E-state index is -3.74. The highest BCUT2D eigenvalue weighted by Gasteiger charge is 2.22. The smallest absolute Gasteiger partial charge is 0.243 e. The van der Waals surface area contributed by atoms with Crippen LogP contribution in [0.1, 0.15) is 25.0 Å². The molecule has 2 N–H and O–H groups in total. The van der Waals surface area contributed by atoms with E-state index in [1.165, 1.54) is 19.2 Å². The van der Waals surface area contributed by atoms with Gasteiger partial charge >= 0.3 is 0 Å². The Labute approximate surface area is 178 Å². The fraction of sp³-hybridized carbons (Fsp3) is 0.350. The summed E-state index contributed by atoms with van der Waals surface area (Å²) in [6.45, 7) is 3.40. The summed E-state index contributed by atoms with van der Waals surface area (Å²) in [5, 5.41) is 2.67. The number of rotatable bonds is 10. The average molecular weight is 454 g/mol. The first kappa shape index (κ1) is 24.0. The lowest BCUT2D eigenvalue weighted by Crippen LogP contribution is -2.38. The number of hydrogen-bond donors (Lipinski definition) is 2. The van der Waals surface area contributed by atoms with Gasteiger partial charge in [-0.05, 0) is 37.1 Å². The highest BCUT2D eigenvalue weighted by Crippen LogP contribution is 2.13. The maximum absolute atomic E-state index is 12.5. The molecule has 0 saturated heterocycles. The van der Waals surface area contributed by atoms with Crippen LogP contribution >= 0.6 is 0 Å². The molecule has 1 amide bonds. The maximum atomic E-state index is 12.5. The van der Waals surface area contributed by atoms with Crippen molar-refractivity contribution in [3.05, 3.63) is 65.7 Å². The van der Waals surface area contributed by atoms with Gasteiger partial charge in [0.25, 0.3) is 0 Å². The van der Waals surface area contributed by atoms with Gasteiger partial charge in [0.2, 0.25) is 26.0 Å². The van der Waals surface area contributed by atoms with Gasteiger partial charge < -0.3 is 5.32 Å². The van der Waals surface area contributed by atoms with Crippen LogP contribution in [0, 0.1) is 0 Å². The number of benzene rings is 2. The topological polar surface area (TPSA) is 113 Å². The van der Waals surface area contributed by atoms with Gasteiger partial charge in [0.15, 0.2) is 0 Å². The zero-order valence-corrected chi connectivity index (χ0v) is 18.8. The maximum Gasteiger partial charge on any atom is 0.243 e. The third kappa shape index (κ3) is 7.21. The van der Waals surface area contributed by atoms with Crippen LogP contribution in [0.25, 0.3) is 0 Å². The molecule has 0 fully saturated rings. The quantitative estimate of drug-likeness (QED) is 0.565. The molecule has 0 bridgehead atoms. The zero-order chi connectivity index (χ0) is 22.4. The highest BCUT2D eigenvalue weighted by molar-refractivity contribution is 7.89. The van der Waals surface area contributed by atoms with E-state index >= 15 is 0 Å². The van der Waals surface area contributed by atoms with E-state index < -0.39 is 26.0 Å². The van der Waals surface area contributed by atoms with E-state index in [4.69, 9.17) is 0 Å². The van der Waals surface area contributed by atoms with Crippen molar-refractivity contribution in [2.75, 3.05) is 13.6 Å². The van der Waals surface area contributed by atoms with Crippen molar-refractivity contribution in [2.45, 2.75) is 37.1 Å². The molecule has 0 aliphatic heterocycles. The van der Waals surface area contributed by atoms with Crippen molar-refractivity contribution in [1.82, 2.24) is 14.3 Å². The molecule has 0 atom stereocenters. The third-order valence-corrected chi connectivity index (χ3v) is 7.46. The summed E-state index contributed by atoms with van der Waals surface area (Å²) in [7, 11) is -5.79. The monoisotopic (exact) mass is 453 g/mol. The minimum Gasteiger partial charge on any atom is -0.351 e.